The molecule has 0 aromatic heterocycles. The highest BCUT2D eigenvalue weighted by Gasteiger charge is 2.30. The topological polar surface area (TPSA) is 88.1 Å². The summed E-state index contributed by atoms with van der Waals surface area (Å²) in [5, 5.41) is 3.93. The number of aryl methyl sites for hydroxylation is 1. The number of carbonyl (C=O) groups is 1. The quantitative estimate of drug-likeness (QED) is 0.399. The molecule has 0 bridgehead atoms. The second kappa shape index (κ2) is 10.7. The van der Waals surface area contributed by atoms with Crippen molar-refractivity contribution in [2.45, 2.75) is 18.4 Å². The fourth-order valence-electron chi connectivity index (χ4n) is 3.05. The van der Waals surface area contributed by atoms with Crippen molar-refractivity contribution >= 4 is 22.1 Å². The van der Waals surface area contributed by atoms with Gasteiger partial charge in [0.1, 0.15) is 10.6 Å². The summed E-state index contributed by atoms with van der Waals surface area (Å²) >= 11 is 0. The van der Waals surface area contributed by atoms with E-state index in [1.165, 1.54) is 19.4 Å². The van der Waals surface area contributed by atoms with Crippen LogP contribution >= 0.6 is 0 Å². The van der Waals surface area contributed by atoms with E-state index in [9.17, 15) is 13.2 Å². The van der Waals surface area contributed by atoms with Crippen LogP contribution in [0.5, 0.6) is 5.75 Å². The van der Waals surface area contributed by atoms with Crippen LogP contribution in [0.4, 0.5) is 0 Å². The number of ether oxygens (including phenoxy) is 1. The van der Waals surface area contributed by atoms with Gasteiger partial charge in [0.2, 0.25) is 10.0 Å². The molecule has 0 fully saturated rings. The van der Waals surface area contributed by atoms with E-state index in [2.05, 4.69) is 10.5 Å². The van der Waals surface area contributed by atoms with E-state index < -0.39 is 22.5 Å². The number of amides is 1. The average molecular weight is 452 g/mol. The highest BCUT2D eigenvalue weighted by Crippen LogP contribution is 2.28. The highest BCUT2D eigenvalue weighted by molar-refractivity contribution is 7.89. The molecule has 7 nitrogen and oxygen atoms in total. The predicted molar refractivity (Wildman–Crippen MR) is 124 cm³/mol. The van der Waals surface area contributed by atoms with Gasteiger partial charge < -0.3 is 4.74 Å². The number of nitrogens with one attached hydrogen (secondary N) is 1. The summed E-state index contributed by atoms with van der Waals surface area (Å²) in [5.74, 6) is -0.334. The van der Waals surface area contributed by atoms with Gasteiger partial charge in [-0.15, -0.1) is 0 Å². The average Bonchev–Trinajstić information content (AvgIpc) is 2.80. The molecule has 166 valence electrons. The Labute approximate surface area is 188 Å². The van der Waals surface area contributed by atoms with E-state index >= 15 is 0 Å². The molecule has 3 aromatic carbocycles. The number of nitrogens with zero attached hydrogens (tertiary/aromatic N) is 2. The summed E-state index contributed by atoms with van der Waals surface area (Å²) in [6.07, 6.45) is 1.50. The van der Waals surface area contributed by atoms with Crippen LogP contribution in [0.25, 0.3) is 0 Å². The summed E-state index contributed by atoms with van der Waals surface area (Å²) in [5.41, 5.74) is 4.73. The van der Waals surface area contributed by atoms with Gasteiger partial charge in [-0.2, -0.15) is 9.41 Å². The first-order chi connectivity index (χ1) is 15.4. The van der Waals surface area contributed by atoms with Gasteiger partial charge in [-0.1, -0.05) is 66.7 Å². The summed E-state index contributed by atoms with van der Waals surface area (Å²) in [7, 11) is -2.63. The van der Waals surface area contributed by atoms with E-state index in [1.54, 1.807) is 31.2 Å². The first kappa shape index (κ1) is 23.2. The lowest BCUT2D eigenvalue weighted by Gasteiger charge is -2.23. The summed E-state index contributed by atoms with van der Waals surface area (Å²) in [6.45, 7) is 1.42. The number of benzene rings is 3. The van der Waals surface area contributed by atoms with Gasteiger partial charge in [0.15, 0.2) is 0 Å². The summed E-state index contributed by atoms with van der Waals surface area (Å²) in [6, 6.07) is 23.3. The Morgan fingerprint density at radius 1 is 1.03 bits per heavy atom. The third kappa shape index (κ3) is 6.03. The highest BCUT2D eigenvalue weighted by atomic mass is 32.2. The predicted octanol–water partition coefficient (Wildman–Crippen LogP) is 3.34. The Morgan fingerprint density at radius 2 is 1.69 bits per heavy atom. The molecule has 32 heavy (non-hydrogen) atoms. The number of hydrogen-bond donors (Lipinski definition) is 1. The van der Waals surface area contributed by atoms with Gasteiger partial charge in [-0.05, 0) is 35.7 Å². The Bertz CT molecular complexity index is 1180. The minimum absolute atomic E-state index is 0.0107. The van der Waals surface area contributed by atoms with Gasteiger partial charge in [-0.25, -0.2) is 13.8 Å². The third-order valence-electron chi connectivity index (χ3n) is 4.66. The zero-order chi connectivity index (χ0) is 23.0. The lowest BCUT2D eigenvalue weighted by Crippen LogP contribution is -2.39. The van der Waals surface area contributed by atoms with E-state index in [1.807, 2.05) is 48.5 Å². The molecular weight excluding hydrogens is 426 g/mol. The maximum absolute atomic E-state index is 13.5. The largest absolute Gasteiger partial charge is 0.495 e. The van der Waals surface area contributed by atoms with Crippen LogP contribution in [0.2, 0.25) is 0 Å². The Balaban J connectivity index is 1.86. The number of methoxy groups -OCH3 is 1. The Morgan fingerprint density at radius 3 is 2.34 bits per heavy atom. The van der Waals surface area contributed by atoms with E-state index in [0.717, 1.165) is 21.0 Å². The van der Waals surface area contributed by atoms with Gasteiger partial charge in [0.05, 0.1) is 19.9 Å². The molecule has 1 amide bonds. The van der Waals surface area contributed by atoms with Crippen LogP contribution < -0.4 is 10.2 Å². The van der Waals surface area contributed by atoms with E-state index in [-0.39, 0.29) is 17.2 Å². The molecule has 0 atom stereocenters. The smallest absolute Gasteiger partial charge is 0.255 e. The Hall–Kier alpha value is -3.49. The molecule has 1 N–H and O–H groups in total. The zero-order valence-corrected chi connectivity index (χ0v) is 18.7. The standard InChI is InChI=1S/C24H25N3O4S/c1-19-13-14-22(31-2)23(15-19)32(29,30)27(17-21-11-7-4-8-12-21)18-24(28)26-25-16-20-9-5-3-6-10-20/h3-16H,17-18H2,1-2H3,(H,26,28). The lowest BCUT2D eigenvalue weighted by atomic mass is 10.2. The number of rotatable bonds is 9. The first-order valence-corrected chi connectivity index (χ1v) is 11.4. The van der Waals surface area contributed by atoms with Crippen LogP contribution in [0, 0.1) is 6.92 Å². The molecular formula is C24H25N3O4S. The number of sulfonamides is 1. The maximum Gasteiger partial charge on any atom is 0.255 e. The molecule has 0 unspecified atom stereocenters. The molecule has 0 saturated heterocycles. The molecule has 8 heteroatoms. The van der Waals surface area contributed by atoms with E-state index in [0.29, 0.717) is 0 Å². The third-order valence-corrected chi connectivity index (χ3v) is 6.47. The van der Waals surface area contributed by atoms with Crippen LogP contribution in [0.1, 0.15) is 16.7 Å². The number of hydrogen-bond acceptors (Lipinski definition) is 5. The normalized spacial score (nSPS) is 11.6. The van der Waals surface area contributed by atoms with Crippen molar-refractivity contribution in [3.63, 3.8) is 0 Å². The van der Waals surface area contributed by atoms with Crippen molar-refractivity contribution in [3.8, 4) is 5.75 Å². The molecule has 0 radical (unpaired) electrons. The minimum Gasteiger partial charge on any atom is -0.495 e. The van der Waals surface area contributed by atoms with Gasteiger partial charge in [0, 0.05) is 6.54 Å². The van der Waals surface area contributed by atoms with Crippen LogP contribution in [0.3, 0.4) is 0 Å². The molecule has 3 aromatic rings. The lowest BCUT2D eigenvalue weighted by molar-refractivity contribution is -0.121. The molecule has 0 aliphatic rings. The van der Waals surface area contributed by atoms with Gasteiger partial charge in [0.25, 0.3) is 5.91 Å². The minimum atomic E-state index is -4.04. The fraction of sp³-hybridized carbons (Fsp3) is 0.167. The van der Waals surface area contributed by atoms with Crippen LogP contribution in [-0.4, -0.2) is 38.5 Å². The monoisotopic (exact) mass is 451 g/mol. The van der Waals surface area contributed by atoms with Crippen molar-refractivity contribution in [2.75, 3.05) is 13.7 Å². The van der Waals surface area contributed by atoms with Crippen LogP contribution in [-0.2, 0) is 21.4 Å². The van der Waals surface area contributed by atoms with Crippen LogP contribution in [0.15, 0.2) is 88.9 Å². The van der Waals surface area contributed by atoms with Gasteiger partial charge >= 0.3 is 0 Å². The van der Waals surface area contributed by atoms with Crippen molar-refractivity contribution in [1.82, 2.24) is 9.73 Å². The molecule has 0 aliphatic heterocycles. The van der Waals surface area contributed by atoms with E-state index in [4.69, 9.17) is 4.74 Å². The molecule has 3 rings (SSSR count). The van der Waals surface area contributed by atoms with Crippen molar-refractivity contribution in [1.29, 1.82) is 0 Å². The fourth-order valence-corrected chi connectivity index (χ4v) is 4.68. The zero-order valence-electron chi connectivity index (χ0n) is 17.9. The molecule has 0 aliphatic carbocycles. The second-order valence-electron chi connectivity index (χ2n) is 7.12. The summed E-state index contributed by atoms with van der Waals surface area (Å²) < 4.78 is 33.4. The molecule has 0 spiro atoms. The first-order valence-electron chi connectivity index (χ1n) is 9.96. The maximum atomic E-state index is 13.5. The SMILES string of the molecule is COc1ccc(C)cc1S(=O)(=O)N(CC(=O)NN=Cc1ccccc1)Cc1ccccc1. The van der Waals surface area contributed by atoms with Crippen molar-refractivity contribution < 1.29 is 17.9 Å². The molecule has 0 heterocycles. The number of carbonyl (C=O) groups excluding carboxylic acids is 1. The molecule has 0 saturated carbocycles. The number of hydrazone groups is 1. The summed E-state index contributed by atoms with van der Waals surface area (Å²) in [4.78, 5) is 12.6. The van der Waals surface area contributed by atoms with Crippen molar-refractivity contribution in [2.24, 2.45) is 5.10 Å². The Kier molecular flexibility index (Phi) is 7.75. The second-order valence-corrected chi connectivity index (χ2v) is 9.02. The van der Waals surface area contributed by atoms with Crippen molar-refractivity contribution in [3.05, 3.63) is 95.6 Å². The van der Waals surface area contributed by atoms with Gasteiger partial charge in [-0.3, -0.25) is 4.79 Å².